The van der Waals surface area contributed by atoms with Gasteiger partial charge in [-0.2, -0.15) is 30.0 Å². The van der Waals surface area contributed by atoms with E-state index >= 15 is 0 Å². The highest BCUT2D eigenvalue weighted by atomic mass is 32.2. The van der Waals surface area contributed by atoms with Crippen molar-refractivity contribution in [3.63, 3.8) is 0 Å². The molecule has 0 spiro atoms. The molecule has 0 saturated heterocycles. The lowest BCUT2D eigenvalue weighted by Gasteiger charge is -2.37. The van der Waals surface area contributed by atoms with E-state index in [2.05, 4.69) is 157 Å². The van der Waals surface area contributed by atoms with Crippen LogP contribution in [0.25, 0.3) is 11.4 Å². The molecule has 5 aromatic rings. The van der Waals surface area contributed by atoms with Gasteiger partial charge in [0.25, 0.3) is 0 Å². The molecule has 7 nitrogen and oxygen atoms in total. The lowest BCUT2D eigenvalue weighted by Crippen LogP contribution is -2.45. The maximum Gasteiger partial charge on any atom is 0.485 e. The van der Waals surface area contributed by atoms with Gasteiger partial charge >= 0.3 is 21.1 Å². The normalized spacial score (nSPS) is 14.2. The zero-order chi connectivity index (χ0) is 36.2. The van der Waals surface area contributed by atoms with E-state index in [0.717, 1.165) is 0 Å². The van der Waals surface area contributed by atoms with E-state index in [9.17, 15) is 13.2 Å². The largest absolute Gasteiger partial charge is 0.741 e. The van der Waals surface area contributed by atoms with Crippen LogP contribution in [0.4, 0.5) is 13.2 Å². The van der Waals surface area contributed by atoms with Crippen LogP contribution in [0.1, 0.15) is 143 Å². The Hall–Kier alpha value is -2.19. The molecular weight excluding hydrogens is 663 g/mol. The second-order valence-corrected chi connectivity index (χ2v) is 20.9. The van der Waals surface area contributed by atoms with E-state index in [1.54, 1.807) is 0 Å². The van der Waals surface area contributed by atoms with Crippen LogP contribution < -0.4 is 4.33 Å². The summed E-state index contributed by atoms with van der Waals surface area (Å²) in [5.41, 5.74) is 3.06. The van der Waals surface area contributed by atoms with Crippen molar-refractivity contribution in [2.24, 2.45) is 0 Å². The first kappa shape index (κ1) is 39.3. The van der Waals surface area contributed by atoms with Gasteiger partial charge < -0.3 is 4.55 Å². The zero-order valence-electron chi connectivity index (χ0n) is 30.3. The summed E-state index contributed by atoms with van der Waals surface area (Å²) in [6.45, 7) is 33.2. The summed E-state index contributed by atoms with van der Waals surface area (Å²) in [4.78, 5) is 0. The molecule has 13 heteroatoms. The van der Waals surface area contributed by atoms with Crippen LogP contribution in [-0.4, -0.2) is 31.0 Å². The van der Waals surface area contributed by atoms with E-state index in [-0.39, 0.29) is 11.1 Å². The van der Waals surface area contributed by atoms with Gasteiger partial charge in [-0.05, 0) is 87.5 Å². The first-order valence-electron chi connectivity index (χ1n) is 16.1. The molecule has 0 radical (unpaired) electrons. The van der Waals surface area contributed by atoms with Crippen molar-refractivity contribution in [1.82, 2.24) is 12.5 Å². The Kier molecular flexibility index (Phi) is 11.4. The fourth-order valence-corrected chi connectivity index (χ4v) is 12.9. The molecule has 0 N–H and O–H groups in total. The summed E-state index contributed by atoms with van der Waals surface area (Å²) in [6.07, 6.45) is 2.53. The van der Waals surface area contributed by atoms with Crippen molar-refractivity contribution in [3.05, 3.63) is 65.0 Å². The third kappa shape index (κ3) is 7.84. The summed E-state index contributed by atoms with van der Waals surface area (Å²) in [6, 6.07) is 14.0. The summed E-state index contributed by atoms with van der Waals surface area (Å²) in [5, 5.41) is 0. The van der Waals surface area contributed by atoms with Gasteiger partial charge in [0.1, 0.15) is 11.4 Å². The number of halogens is 3. The average molecular weight is 717 g/mol. The molecule has 0 saturated carbocycles. The Morgan fingerprint density at radius 1 is 0.681 bits per heavy atom. The van der Waals surface area contributed by atoms with E-state index in [1.807, 2.05) is 0 Å². The van der Waals surface area contributed by atoms with Crippen LogP contribution in [0.5, 0.6) is 0 Å². The van der Waals surface area contributed by atoms with Gasteiger partial charge in [0.15, 0.2) is 16.4 Å². The number of hydrogen-bond acceptors (Lipinski definition) is 3. The predicted molar refractivity (Wildman–Crippen MR) is 188 cm³/mol. The molecule has 0 fully saturated rings. The number of aromatic nitrogens is 4. The van der Waals surface area contributed by atoms with Crippen LogP contribution in [0.2, 0.25) is 0 Å². The number of nitrogens with zero attached hydrogens (tertiary/aromatic N) is 4. The molecule has 264 valence electrons. The molecule has 47 heavy (non-hydrogen) atoms. The summed E-state index contributed by atoms with van der Waals surface area (Å²) >= 11 is 0. The summed E-state index contributed by atoms with van der Waals surface area (Å²) in [5.74, 6) is 1.78. The molecule has 0 aliphatic carbocycles. The number of fused-ring (bicyclic) bond motifs is 2. The molecule has 0 atom stereocenters. The molecule has 5 rings (SSSR count). The van der Waals surface area contributed by atoms with Crippen LogP contribution in [0, 0.1) is 0 Å². The highest BCUT2D eigenvalue weighted by Gasteiger charge is 2.43. The van der Waals surface area contributed by atoms with Crippen molar-refractivity contribution in [2.45, 2.75) is 137 Å². The van der Waals surface area contributed by atoms with Crippen molar-refractivity contribution < 1.29 is 30.5 Å². The van der Waals surface area contributed by atoms with Crippen LogP contribution >= 0.6 is 15.6 Å². The van der Waals surface area contributed by atoms with Crippen molar-refractivity contribution in [2.75, 3.05) is 0 Å². The minimum atomic E-state index is -6.09. The molecule has 0 unspecified atom stereocenters. The molecule has 3 heterocycles. The minimum Gasteiger partial charge on any atom is -0.741 e. The first-order chi connectivity index (χ1) is 21.2. The number of benzene rings is 2. The number of para-hydroxylation sites is 2. The Bertz CT molecular complexity index is 1660. The zero-order valence-corrected chi connectivity index (χ0v) is 32.9. The van der Waals surface area contributed by atoms with Crippen LogP contribution in [0.15, 0.2) is 42.7 Å². The average Bonchev–Trinajstić information content (AvgIpc) is 2.89. The monoisotopic (exact) mass is 716 g/mol. The second-order valence-electron chi connectivity index (χ2n) is 15.4. The second kappa shape index (κ2) is 13.6. The molecule has 2 bridgehead atoms. The highest BCUT2D eigenvalue weighted by Crippen LogP contribution is 2.53. The van der Waals surface area contributed by atoms with Crippen LogP contribution in [0.3, 0.4) is 0 Å². The highest BCUT2D eigenvalue weighted by molar-refractivity contribution is 7.86. The third-order valence-electron chi connectivity index (χ3n) is 7.91. The molecule has 2 aromatic carbocycles. The molecule has 3 aromatic heterocycles. The van der Waals surface area contributed by atoms with Crippen molar-refractivity contribution in [3.8, 4) is 11.4 Å². The molecule has 0 amide bonds. The summed E-state index contributed by atoms with van der Waals surface area (Å²) in [7, 11) is -7.51. The Morgan fingerprint density at radius 3 is 1.28 bits per heavy atom. The maximum absolute atomic E-state index is 10.7. The molecular formula is C34H53F3N4O3P2S. The van der Waals surface area contributed by atoms with E-state index in [4.69, 9.17) is 13.0 Å². The van der Waals surface area contributed by atoms with Gasteiger partial charge in [-0.1, -0.05) is 91.8 Å². The lowest BCUT2D eigenvalue weighted by atomic mass is 9.92. The topological polar surface area (TPSA) is 75.9 Å². The fourth-order valence-electron chi connectivity index (χ4n) is 5.75. The van der Waals surface area contributed by atoms with Gasteiger partial charge in [-0.25, -0.2) is 8.42 Å². The smallest absolute Gasteiger partial charge is 0.485 e. The van der Waals surface area contributed by atoms with E-state index in [1.165, 1.54) is 33.6 Å². The van der Waals surface area contributed by atoms with E-state index < -0.39 is 31.3 Å². The molecule has 0 aliphatic heterocycles. The predicted octanol–water partition coefficient (Wildman–Crippen LogP) is 10.7. The number of hydrogen-bond donors (Lipinski definition) is 0. The summed E-state index contributed by atoms with van der Waals surface area (Å²) < 4.78 is 70.1. The number of rotatable bonds is 6. The van der Waals surface area contributed by atoms with Crippen molar-refractivity contribution >= 4 is 25.7 Å². The standard InChI is InChI=1S/C33H53N4P2.CHF3O3S/c1-22(2)26-17-15-18-27(23(3)4)30(26)34-21-35(31-28(24(5)6)19-16-20-29(31)25(7)8)39-36(32(9,10)11)38(34)37(39)33(12,13)14;2-1(3,4)8(5,6)7/h15-25H,1-14H3;(H,5,6,7)/q+1;/p-1. The Morgan fingerprint density at radius 2 is 1.00 bits per heavy atom. The Balaban J connectivity index is 0.000000665. The Labute approximate surface area is 281 Å². The number of alkyl halides is 3. The van der Waals surface area contributed by atoms with Crippen LogP contribution in [-0.2, 0) is 21.2 Å². The SMILES string of the molecule is CC(C)c1cccc(C(C)C)c1-n1c[n+](-c2c(C(C)C)cccc2C(C)C)p2n(C(C)(C)C)p1n2C(C)(C)C.O=S(=O)([O-])C(F)(F)F. The first-order valence-corrected chi connectivity index (χ1v) is 20.0. The third-order valence-corrected chi connectivity index (χ3v) is 15.5. The van der Waals surface area contributed by atoms with Crippen molar-refractivity contribution in [1.29, 1.82) is 0 Å². The van der Waals surface area contributed by atoms with Gasteiger partial charge in [0.05, 0.1) is 11.1 Å². The van der Waals surface area contributed by atoms with Gasteiger partial charge in [-0.15, -0.1) is 0 Å². The van der Waals surface area contributed by atoms with Gasteiger partial charge in [0, 0.05) is 0 Å². The lowest BCUT2D eigenvalue weighted by molar-refractivity contribution is -0.531. The van der Waals surface area contributed by atoms with E-state index in [0.29, 0.717) is 23.7 Å². The minimum absolute atomic E-state index is 0.0411. The fraction of sp³-hybridized carbons (Fsp3) is 0.618. The molecule has 0 aliphatic rings. The maximum atomic E-state index is 10.7. The van der Waals surface area contributed by atoms with Gasteiger partial charge in [-0.3, -0.25) is 0 Å². The van der Waals surface area contributed by atoms with Gasteiger partial charge in [0.2, 0.25) is 0 Å². The quantitative estimate of drug-likeness (QED) is 0.147.